The van der Waals surface area contributed by atoms with Gasteiger partial charge in [-0.25, -0.2) is 9.59 Å². The lowest BCUT2D eigenvalue weighted by Gasteiger charge is -2.22. The number of nitrogens with one attached hydrogen (secondary N) is 1. The molecule has 0 radical (unpaired) electrons. The molecule has 0 aliphatic heterocycles. The molecule has 10 nitrogen and oxygen atoms in total. The number of benzene rings is 1. The Balaban J connectivity index is 2.81. The van der Waals surface area contributed by atoms with Crippen molar-refractivity contribution in [3.8, 4) is 11.5 Å². The van der Waals surface area contributed by atoms with Crippen molar-refractivity contribution in [1.82, 2.24) is 5.32 Å². The van der Waals surface area contributed by atoms with E-state index in [1.165, 1.54) is 26.4 Å². The molecule has 0 aliphatic rings. The van der Waals surface area contributed by atoms with E-state index < -0.39 is 42.0 Å². The van der Waals surface area contributed by atoms with E-state index in [2.05, 4.69) is 5.32 Å². The van der Waals surface area contributed by atoms with Gasteiger partial charge in [0.25, 0.3) is 0 Å². The molecule has 166 valence electrons. The first-order valence-corrected chi connectivity index (χ1v) is 9.16. The summed E-state index contributed by atoms with van der Waals surface area (Å²) in [7, 11) is 2.87. The fourth-order valence-electron chi connectivity index (χ4n) is 2.33. The van der Waals surface area contributed by atoms with Crippen molar-refractivity contribution in [3.63, 3.8) is 0 Å². The average Bonchev–Trinajstić information content (AvgIpc) is 2.66. The number of rotatable bonds is 10. The first kappa shape index (κ1) is 24.7. The number of esters is 1. The number of ether oxygens (including phenoxy) is 4. The van der Waals surface area contributed by atoms with Crippen molar-refractivity contribution in [3.05, 3.63) is 23.8 Å². The van der Waals surface area contributed by atoms with Crippen molar-refractivity contribution < 1.29 is 38.1 Å². The molecule has 0 fully saturated rings. The standard InChI is InChI=1S/C20H28N2O8/c1-20(2,3)30-19(26)22-14(8-9-17(21)24)18(25)29-11-15(23)13-7-6-12(27-4)10-16(13)28-5/h6-7,10,14H,8-9,11H2,1-5H3,(H2,21,24)(H,22,26). The summed E-state index contributed by atoms with van der Waals surface area (Å²) in [6.07, 6.45) is -1.14. The zero-order valence-corrected chi connectivity index (χ0v) is 17.8. The number of carbonyl (C=O) groups excluding carboxylic acids is 4. The van der Waals surface area contributed by atoms with Gasteiger partial charge >= 0.3 is 12.1 Å². The molecule has 0 bridgehead atoms. The van der Waals surface area contributed by atoms with Gasteiger partial charge in [0.05, 0.1) is 19.8 Å². The number of primary amides is 1. The summed E-state index contributed by atoms with van der Waals surface area (Å²) in [6, 6.07) is 3.36. The molecule has 1 rings (SSSR count). The first-order chi connectivity index (χ1) is 14.0. The lowest BCUT2D eigenvalue weighted by Crippen LogP contribution is -2.45. The smallest absolute Gasteiger partial charge is 0.408 e. The molecule has 30 heavy (non-hydrogen) atoms. The molecule has 1 unspecified atom stereocenters. The minimum atomic E-state index is -1.21. The summed E-state index contributed by atoms with van der Waals surface area (Å²) in [5.41, 5.74) is 4.52. The van der Waals surface area contributed by atoms with Crippen LogP contribution in [0.1, 0.15) is 44.0 Å². The minimum Gasteiger partial charge on any atom is -0.497 e. The number of nitrogens with two attached hydrogens (primary N) is 1. The predicted molar refractivity (Wildman–Crippen MR) is 106 cm³/mol. The Labute approximate surface area is 175 Å². The zero-order chi connectivity index (χ0) is 22.9. The van der Waals surface area contributed by atoms with Crippen molar-refractivity contribution in [1.29, 1.82) is 0 Å². The maximum atomic E-state index is 12.4. The van der Waals surface area contributed by atoms with E-state index in [1.54, 1.807) is 26.8 Å². The fourth-order valence-corrected chi connectivity index (χ4v) is 2.33. The van der Waals surface area contributed by atoms with Gasteiger partial charge < -0.3 is 30.0 Å². The number of alkyl carbamates (subject to hydrolysis) is 1. The molecule has 0 spiro atoms. The Bertz CT molecular complexity index is 786. The highest BCUT2D eigenvalue weighted by molar-refractivity contribution is 6.00. The number of ketones is 1. The van der Waals surface area contributed by atoms with Gasteiger partial charge in [0.15, 0.2) is 6.61 Å². The molecule has 1 aromatic rings. The fraction of sp³-hybridized carbons (Fsp3) is 0.500. The second-order valence-electron chi connectivity index (χ2n) is 7.30. The van der Waals surface area contributed by atoms with Crippen LogP contribution < -0.4 is 20.5 Å². The van der Waals surface area contributed by atoms with Crippen LogP contribution in [0.4, 0.5) is 4.79 Å². The zero-order valence-electron chi connectivity index (χ0n) is 17.8. The Morgan fingerprint density at radius 3 is 2.30 bits per heavy atom. The molecule has 10 heteroatoms. The number of amides is 2. The maximum Gasteiger partial charge on any atom is 0.408 e. The highest BCUT2D eigenvalue weighted by Crippen LogP contribution is 2.25. The van der Waals surface area contributed by atoms with Crippen molar-refractivity contribution in [2.45, 2.75) is 45.3 Å². The topological polar surface area (TPSA) is 143 Å². The van der Waals surface area contributed by atoms with E-state index >= 15 is 0 Å². The summed E-state index contributed by atoms with van der Waals surface area (Å²) in [5.74, 6) is -1.32. The van der Waals surface area contributed by atoms with Gasteiger partial charge in [0.2, 0.25) is 11.7 Å². The summed E-state index contributed by atoms with van der Waals surface area (Å²) < 4.78 is 20.4. The summed E-state index contributed by atoms with van der Waals surface area (Å²) >= 11 is 0. The van der Waals surface area contributed by atoms with E-state index in [0.29, 0.717) is 5.75 Å². The summed E-state index contributed by atoms with van der Waals surface area (Å²) in [5, 5.41) is 2.33. The second kappa shape index (κ2) is 11.0. The normalized spacial score (nSPS) is 11.8. The van der Waals surface area contributed by atoms with E-state index in [4.69, 9.17) is 24.7 Å². The van der Waals surface area contributed by atoms with Crippen molar-refractivity contribution in [2.24, 2.45) is 5.73 Å². The van der Waals surface area contributed by atoms with Gasteiger partial charge in [0, 0.05) is 12.5 Å². The molecule has 3 N–H and O–H groups in total. The van der Waals surface area contributed by atoms with Gasteiger partial charge in [-0.1, -0.05) is 0 Å². The molecule has 1 aromatic carbocycles. The SMILES string of the molecule is COc1ccc(C(=O)COC(=O)C(CCC(N)=O)NC(=O)OC(C)(C)C)c(OC)c1. The molecular weight excluding hydrogens is 396 g/mol. The van der Waals surface area contributed by atoms with E-state index in [0.717, 1.165) is 0 Å². The van der Waals surface area contributed by atoms with Gasteiger partial charge in [-0.15, -0.1) is 0 Å². The molecule has 0 saturated carbocycles. The van der Waals surface area contributed by atoms with Crippen LogP contribution >= 0.6 is 0 Å². The second-order valence-corrected chi connectivity index (χ2v) is 7.30. The van der Waals surface area contributed by atoms with Crippen LogP contribution in [-0.2, 0) is 19.1 Å². The number of Topliss-reactive ketones (excluding diaryl/α,β-unsaturated/α-hetero) is 1. The van der Waals surface area contributed by atoms with Crippen LogP contribution in [0.15, 0.2) is 18.2 Å². The monoisotopic (exact) mass is 424 g/mol. The van der Waals surface area contributed by atoms with Crippen LogP contribution in [-0.4, -0.2) is 56.2 Å². The largest absolute Gasteiger partial charge is 0.497 e. The molecular formula is C20H28N2O8. The lowest BCUT2D eigenvalue weighted by atomic mass is 10.1. The quantitative estimate of drug-likeness (QED) is 0.426. The Morgan fingerprint density at radius 1 is 1.10 bits per heavy atom. The minimum absolute atomic E-state index is 0.104. The van der Waals surface area contributed by atoms with E-state index in [1.807, 2.05) is 0 Å². The van der Waals surface area contributed by atoms with Crippen LogP contribution in [0, 0.1) is 0 Å². The van der Waals surface area contributed by atoms with E-state index in [-0.39, 0.29) is 24.2 Å². The first-order valence-electron chi connectivity index (χ1n) is 9.16. The third-order valence-corrected chi connectivity index (χ3v) is 3.71. The van der Waals surface area contributed by atoms with Gasteiger partial charge in [0.1, 0.15) is 23.1 Å². The molecule has 0 heterocycles. The number of hydrogen-bond donors (Lipinski definition) is 2. The number of methoxy groups -OCH3 is 2. The van der Waals surface area contributed by atoms with Crippen LogP contribution in [0.25, 0.3) is 0 Å². The van der Waals surface area contributed by atoms with Crippen molar-refractivity contribution >= 4 is 23.8 Å². The Kier molecular flexibility index (Phi) is 9.10. The van der Waals surface area contributed by atoms with Crippen LogP contribution in [0.3, 0.4) is 0 Å². The van der Waals surface area contributed by atoms with Gasteiger partial charge in [-0.05, 0) is 39.3 Å². The molecule has 1 atom stereocenters. The number of hydrogen-bond acceptors (Lipinski definition) is 8. The van der Waals surface area contributed by atoms with Crippen molar-refractivity contribution in [2.75, 3.05) is 20.8 Å². The highest BCUT2D eigenvalue weighted by atomic mass is 16.6. The van der Waals surface area contributed by atoms with Crippen LogP contribution in [0.5, 0.6) is 11.5 Å². The Morgan fingerprint density at radius 2 is 1.77 bits per heavy atom. The average molecular weight is 424 g/mol. The third-order valence-electron chi connectivity index (χ3n) is 3.71. The predicted octanol–water partition coefficient (Wildman–Crippen LogP) is 1.59. The summed E-state index contributed by atoms with van der Waals surface area (Å²) in [4.78, 5) is 47.9. The lowest BCUT2D eigenvalue weighted by molar-refractivity contribution is -0.145. The number of carbonyl (C=O) groups is 4. The molecule has 0 aromatic heterocycles. The third kappa shape index (κ3) is 8.38. The molecule has 0 aliphatic carbocycles. The van der Waals surface area contributed by atoms with Crippen LogP contribution in [0.2, 0.25) is 0 Å². The highest BCUT2D eigenvalue weighted by Gasteiger charge is 2.27. The van der Waals surface area contributed by atoms with E-state index in [9.17, 15) is 19.2 Å². The van der Waals surface area contributed by atoms with Gasteiger partial charge in [-0.3, -0.25) is 9.59 Å². The maximum absolute atomic E-state index is 12.4. The molecule has 0 saturated heterocycles. The summed E-state index contributed by atoms with van der Waals surface area (Å²) in [6.45, 7) is 4.38. The molecule has 2 amide bonds. The Hall–Kier alpha value is -3.30. The van der Waals surface area contributed by atoms with Gasteiger partial charge in [-0.2, -0.15) is 0 Å².